The summed E-state index contributed by atoms with van der Waals surface area (Å²) in [6.45, 7) is 2.24. The first-order chi connectivity index (χ1) is 7.24. The number of rotatable bonds is 6. The molecule has 15 heavy (non-hydrogen) atoms. The molecule has 0 radical (unpaired) electrons. The van der Waals surface area contributed by atoms with Gasteiger partial charge in [0.2, 0.25) is 0 Å². The highest BCUT2D eigenvalue weighted by Gasteiger charge is 2.03. The lowest BCUT2D eigenvalue weighted by Gasteiger charge is -2.08. The predicted octanol–water partition coefficient (Wildman–Crippen LogP) is 5.34. The smallest absolute Gasteiger partial charge is 0.0207 e. The summed E-state index contributed by atoms with van der Waals surface area (Å²) < 4.78 is 1.24. The summed E-state index contributed by atoms with van der Waals surface area (Å²) in [7, 11) is 0. The molecule has 1 aromatic carbocycles. The van der Waals surface area contributed by atoms with Gasteiger partial charge in [0.05, 0.1) is 0 Å². The monoisotopic (exact) mass is 332 g/mol. The van der Waals surface area contributed by atoms with Crippen molar-refractivity contribution in [3.05, 3.63) is 34.3 Å². The lowest BCUT2D eigenvalue weighted by molar-refractivity contribution is 0.654. The summed E-state index contributed by atoms with van der Waals surface area (Å²) in [5.41, 5.74) is 1.42. The van der Waals surface area contributed by atoms with Gasteiger partial charge in [0.1, 0.15) is 0 Å². The summed E-state index contributed by atoms with van der Waals surface area (Å²) >= 11 is 7.30. The van der Waals surface area contributed by atoms with E-state index in [9.17, 15) is 0 Å². The molecule has 0 aliphatic carbocycles. The van der Waals surface area contributed by atoms with E-state index < -0.39 is 0 Å². The van der Waals surface area contributed by atoms with E-state index in [1.807, 2.05) is 0 Å². The van der Waals surface area contributed by atoms with E-state index in [2.05, 4.69) is 63.0 Å². The van der Waals surface area contributed by atoms with Crippen molar-refractivity contribution in [2.24, 2.45) is 0 Å². The number of hydrogen-bond donors (Lipinski definition) is 0. The molecule has 0 amide bonds. The Morgan fingerprint density at radius 2 is 1.93 bits per heavy atom. The Morgan fingerprint density at radius 1 is 1.20 bits per heavy atom. The highest BCUT2D eigenvalue weighted by Crippen LogP contribution is 2.20. The number of aryl methyl sites for hydroxylation is 1. The molecule has 0 fully saturated rings. The van der Waals surface area contributed by atoms with Crippen molar-refractivity contribution in [2.75, 3.05) is 0 Å². The molecule has 0 saturated carbocycles. The molecule has 0 aliphatic rings. The van der Waals surface area contributed by atoms with Crippen LogP contribution in [-0.2, 0) is 6.42 Å². The maximum atomic E-state index is 3.72. The van der Waals surface area contributed by atoms with Crippen LogP contribution < -0.4 is 0 Å². The van der Waals surface area contributed by atoms with Crippen LogP contribution in [0.15, 0.2) is 28.7 Å². The second kappa shape index (κ2) is 7.45. The zero-order valence-corrected chi connectivity index (χ0v) is 12.4. The van der Waals surface area contributed by atoms with Crippen LogP contribution in [0.3, 0.4) is 0 Å². The van der Waals surface area contributed by atoms with Gasteiger partial charge in [-0.1, -0.05) is 63.4 Å². The van der Waals surface area contributed by atoms with Crippen molar-refractivity contribution in [1.82, 2.24) is 0 Å². The second-order valence-electron chi connectivity index (χ2n) is 3.87. The Hall–Kier alpha value is 0.180. The van der Waals surface area contributed by atoms with Crippen molar-refractivity contribution in [2.45, 2.75) is 43.9 Å². The lowest BCUT2D eigenvalue weighted by Crippen LogP contribution is -1.98. The van der Waals surface area contributed by atoms with Crippen LogP contribution in [0, 0.1) is 0 Å². The Bertz CT molecular complexity index is 284. The first-order valence-electron chi connectivity index (χ1n) is 5.61. The van der Waals surface area contributed by atoms with Gasteiger partial charge < -0.3 is 0 Å². The van der Waals surface area contributed by atoms with E-state index in [0.29, 0.717) is 4.83 Å². The van der Waals surface area contributed by atoms with Crippen LogP contribution in [0.1, 0.15) is 38.2 Å². The first-order valence-corrected chi connectivity index (χ1v) is 7.32. The maximum absolute atomic E-state index is 3.72. The summed E-state index contributed by atoms with van der Waals surface area (Å²) in [4.78, 5) is 0.699. The summed E-state index contributed by atoms with van der Waals surface area (Å²) in [6.07, 6.45) is 6.27. The largest absolute Gasteiger partial charge is 0.0891 e. The molecule has 0 saturated heterocycles. The van der Waals surface area contributed by atoms with Crippen molar-refractivity contribution in [3.8, 4) is 0 Å². The fourth-order valence-electron chi connectivity index (χ4n) is 1.67. The number of hydrogen-bond acceptors (Lipinski definition) is 0. The predicted molar refractivity (Wildman–Crippen MR) is 74.7 cm³/mol. The minimum absolute atomic E-state index is 0.699. The SMILES string of the molecule is CCCC(Br)CCCc1ccccc1Br. The molecule has 0 heterocycles. The molecule has 0 N–H and O–H groups in total. The molecule has 2 heteroatoms. The van der Waals surface area contributed by atoms with Crippen molar-refractivity contribution < 1.29 is 0 Å². The van der Waals surface area contributed by atoms with E-state index >= 15 is 0 Å². The standard InChI is InChI=1S/C13H18Br2/c1-2-6-12(14)9-5-8-11-7-3-4-10-13(11)15/h3-4,7,10,12H,2,5-6,8-9H2,1H3. The highest BCUT2D eigenvalue weighted by atomic mass is 79.9. The van der Waals surface area contributed by atoms with Crippen LogP contribution in [0.2, 0.25) is 0 Å². The van der Waals surface area contributed by atoms with Gasteiger partial charge in [0, 0.05) is 9.30 Å². The highest BCUT2D eigenvalue weighted by molar-refractivity contribution is 9.10. The van der Waals surface area contributed by atoms with Gasteiger partial charge in [0.15, 0.2) is 0 Å². The van der Waals surface area contributed by atoms with E-state index in [1.54, 1.807) is 0 Å². The van der Waals surface area contributed by atoms with Crippen molar-refractivity contribution in [1.29, 1.82) is 0 Å². The average Bonchev–Trinajstić information content (AvgIpc) is 2.21. The van der Waals surface area contributed by atoms with Crippen molar-refractivity contribution in [3.63, 3.8) is 0 Å². The molecule has 1 atom stereocenters. The lowest BCUT2D eigenvalue weighted by atomic mass is 10.1. The number of alkyl halides is 1. The quantitative estimate of drug-likeness (QED) is 0.617. The molecular formula is C13H18Br2. The Labute approximate surface area is 110 Å². The summed E-state index contributed by atoms with van der Waals surface area (Å²) in [6, 6.07) is 8.50. The number of benzene rings is 1. The topological polar surface area (TPSA) is 0 Å². The third-order valence-corrected chi connectivity index (χ3v) is 4.21. The zero-order valence-electron chi connectivity index (χ0n) is 9.18. The average molecular weight is 334 g/mol. The third kappa shape index (κ3) is 5.17. The van der Waals surface area contributed by atoms with Crippen molar-refractivity contribution >= 4 is 31.9 Å². The number of halogens is 2. The molecular weight excluding hydrogens is 316 g/mol. The summed E-state index contributed by atoms with van der Waals surface area (Å²) in [5.74, 6) is 0. The van der Waals surface area contributed by atoms with Gasteiger partial charge in [-0.25, -0.2) is 0 Å². The van der Waals surface area contributed by atoms with E-state index in [-0.39, 0.29) is 0 Å². The Balaban J connectivity index is 2.29. The van der Waals surface area contributed by atoms with Gasteiger partial charge in [-0.15, -0.1) is 0 Å². The Kier molecular flexibility index (Phi) is 6.58. The van der Waals surface area contributed by atoms with Crippen LogP contribution >= 0.6 is 31.9 Å². The molecule has 0 spiro atoms. The molecule has 1 rings (SSSR count). The molecule has 0 aliphatic heterocycles. The normalized spacial score (nSPS) is 12.7. The van der Waals surface area contributed by atoms with Gasteiger partial charge >= 0.3 is 0 Å². The fourth-order valence-corrected chi connectivity index (χ4v) is 2.94. The zero-order chi connectivity index (χ0) is 11.1. The molecule has 84 valence electrons. The minimum Gasteiger partial charge on any atom is -0.0891 e. The molecule has 1 unspecified atom stereocenters. The van der Waals surface area contributed by atoms with Crippen LogP contribution in [-0.4, -0.2) is 4.83 Å². The van der Waals surface area contributed by atoms with Gasteiger partial charge in [0.25, 0.3) is 0 Å². The van der Waals surface area contributed by atoms with Gasteiger partial charge in [-0.05, 0) is 37.3 Å². The van der Waals surface area contributed by atoms with E-state index in [0.717, 1.165) is 0 Å². The van der Waals surface area contributed by atoms with Crippen LogP contribution in [0.5, 0.6) is 0 Å². The van der Waals surface area contributed by atoms with E-state index in [1.165, 1.54) is 42.1 Å². The maximum Gasteiger partial charge on any atom is 0.0207 e. The third-order valence-electron chi connectivity index (χ3n) is 2.52. The fraction of sp³-hybridized carbons (Fsp3) is 0.538. The second-order valence-corrected chi connectivity index (χ2v) is 6.02. The van der Waals surface area contributed by atoms with E-state index in [4.69, 9.17) is 0 Å². The van der Waals surface area contributed by atoms with Gasteiger partial charge in [-0.2, -0.15) is 0 Å². The molecule has 0 nitrogen and oxygen atoms in total. The molecule has 0 aromatic heterocycles. The molecule has 0 bridgehead atoms. The van der Waals surface area contributed by atoms with Gasteiger partial charge in [-0.3, -0.25) is 0 Å². The first kappa shape index (κ1) is 13.2. The molecule has 1 aromatic rings. The minimum atomic E-state index is 0.699. The van der Waals surface area contributed by atoms with Crippen LogP contribution in [0.4, 0.5) is 0 Å². The van der Waals surface area contributed by atoms with Crippen LogP contribution in [0.25, 0.3) is 0 Å². The summed E-state index contributed by atoms with van der Waals surface area (Å²) in [5, 5.41) is 0. The Morgan fingerprint density at radius 3 is 2.60 bits per heavy atom.